The van der Waals surface area contributed by atoms with Crippen LogP contribution in [0, 0.1) is 11.3 Å². The average Bonchev–Trinajstić information content (AvgIpc) is 2.85. The van der Waals surface area contributed by atoms with Crippen molar-refractivity contribution >= 4 is 5.97 Å². The largest absolute Gasteiger partial charge is 0.481 e. The van der Waals surface area contributed by atoms with Crippen molar-refractivity contribution < 1.29 is 14.4 Å². The van der Waals surface area contributed by atoms with Crippen molar-refractivity contribution in [3.05, 3.63) is 11.7 Å². The molecule has 3 N–H and O–H groups in total. The van der Waals surface area contributed by atoms with Gasteiger partial charge in [0.25, 0.3) is 0 Å². The molecule has 0 unspecified atom stereocenters. The first-order valence-corrected chi connectivity index (χ1v) is 7.54. The second-order valence-corrected chi connectivity index (χ2v) is 7.20. The number of nitrogens with two attached hydrogens (primary N) is 1. The Kier molecular flexibility index (Phi) is 4.37. The van der Waals surface area contributed by atoms with Gasteiger partial charge < -0.3 is 15.4 Å². The molecule has 21 heavy (non-hydrogen) atoms. The number of hydrogen-bond acceptors (Lipinski definition) is 5. The minimum absolute atomic E-state index is 0.00863. The van der Waals surface area contributed by atoms with Crippen molar-refractivity contribution in [1.29, 1.82) is 0 Å². The summed E-state index contributed by atoms with van der Waals surface area (Å²) < 4.78 is 5.12. The number of aliphatic carboxylic acids is 1. The highest BCUT2D eigenvalue weighted by atomic mass is 16.5. The molecule has 0 radical (unpaired) electrons. The first kappa shape index (κ1) is 15.9. The number of aryl methyl sites for hydroxylation is 1. The molecule has 1 aromatic heterocycles. The minimum Gasteiger partial charge on any atom is -0.481 e. The van der Waals surface area contributed by atoms with Crippen LogP contribution >= 0.6 is 0 Å². The van der Waals surface area contributed by atoms with Gasteiger partial charge in [0.2, 0.25) is 5.89 Å². The van der Waals surface area contributed by atoms with Crippen LogP contribution in [0.25, 0.3) is 0 Å². The first-order chi connectivity index (χ1) is 9.71. The van der Waals surface area contributed by atoms with Gasteiger partial charge in [-0.05, 0) is 37.0 Å². The SMILES string of the molecule is CC(C)(C)C1CCC(N)(c2noc(CCC(=O)O)n2)CC1. The van der Waals surface area contributed by atoms with Gasteiger partial charge in [0.1, 0.15) is 0 Å². The van der Waals surface area contributed by atoms with E-state index in [1.165, 1.54) is 0 Å². The molecule has 1 aliphatic rings. The summed E-state index contributed by atoms with van der Waals surface area (Å²) in [7, 11) is 0. The number of carbonyl (C=O) groups is 1. The molecule has 1 heterocycles. The van der Waals surface area contributed by atoms with E-state index in [-0.39, 0.29) is 12.8 Å². The molecule has 1 aliphatic carbocycles. The Labute approximate surface area is 125 Å². The summed E-state index contributed by atoms with van der Waals surface area (Å²) >= 11 is 0. The highest BCUT2D eigenvalue weighted by Crippen LogP contribution is 2.43. The summed E-state index contributed by atoms with van der Waals surface area (Å²) in [5, 5.41) is 12.6. The summed E-state index contributed by atoms with van der Waals surface area (Å²) in [6.45, 7) is 6.79. The predicted molar refractivity (Wildman–Crippen MR) is 77.5 cm³/mol. The monoisotopic (exact) mass is 295 g/mol. The summed E-state index contributed by atoms with van der Waals surface area (Å²) in [6, 6.07) is 0. The molecule has 6 nitrogen and oxygen atoms in total. The Morgan fingerprint density at radius 3 is 2.57 bits per heavy atom. The number of rotatable bonds is 4. The van der Waals surface area contributed by atoms with Gasteiger partial charge in [-0.15, -0.1) is 0 Å². The standard InChI is InChI=1S/C15H25N3O3/c1-14(2,3)10-6-8-15(16,9-7-10)13-17-11(21-18-13)4-5-12(19)20/h10H,4-9,16H2,1-3H3,(H,19,20). The lowest BCUT2D eigenvalue weighted by Gasteiger charge is -2.40. The lowest BCUT2D eigenvalue weighted by molar-refractivity contribution is -0.137. The van der Waals surface area contributed by atoms with E-state index in [9.17, 15) is 4.79 Å². The van der Waals surface area contributed by atoms with E-state index < -0.39 is 11.5 Å². The van der Waals surface area contributed by atoms with Gasteiger partial charge in [-0.2, -0.15) is 4.98 Å². The van der Waals surface area contributed by atoms with Gasteiger partial charge in [0.15, 0.2) is 5.82 Å². The van der Waals surface area contributed by atoms with Crippen LogP contribution in [0.5, 0.6) is 0 Å². The van der Waals surface area contributed by atoms with E-state index in [0.29, 0.717) is 23.0 Å². The van der Waals surface area contributed by atoms with Crippen LogP contribution < -0.4 is 5.73 Å². The van der Waals surface area contributed by atoms with Gasteiger partial charge in [0.05, 0.1) is 12.0 Å². The number of aromatic nitrogens is 2. The fourth-order valence-corrected chi connectivity index (χ4v) is 3.00. The van der Waals surface area contributed by atoms with E-state index in [0.717, 1.165) is 25.7 Å². The number of carboxylic acid groups (broad SMARTS) is 1. The Morgan fingerprint density at radius 1 is 1.43 bits per heavy atom. The normalized spacial score (nSPS) is 26.8. The molecule has 118 valence electrons. The first-order valence-electron chi connectivity index (χ1n) is 7.54. The van der Waals surface area contributed by atoms with E-state index in [4.69, 9.17) is 15.4 Å². The van der Waals surface area contributed by atoms with E-state index in [1.54, 1.807) is 0 Å². The van der Waals surface area contributed by atoms with Crippen LogP contribution in [0.3, 0.4) is 0 Å². The van der Waals surface area contributed by atoms with Crippen molar-refractivity contribution in [2.45, 2.75) is 64.8 Å². The molecule has 0 aromatic carbocycles. The molecule has 0 saturated heterocycles. The summed E-state index contributed by atoms with van der Waals surface area (Å²) in [4.78, 5) is 14.9. The zero-order valence-corrected chi connectivity index (χ0v) is 13.1. The zero-order chi connectivity index (χ0) is 15.7. The van der Waals surface area contributed by atoms with Crippen LogP contribution in [0.2, 0.25) is 0 Å². The molecule has 6 heteroatoms. The molecule has 1 saturated carbocycles. The molecule has 1 aromatic rings. The third-order valence-corrected chi connectivity index (χ3v) is 4.57. The second kappa shape index (κ2) is 5.75. The summed E-state index contributed by atoms with van der Waals surface area (Å²) in [5.41, 5.74) is 6.22. The van der Waals surface area contributed by atoms with Crippen molar-refractivity contribution in [3.8, 4) is 0 Å². The number of carboxylic acids is 1. The highest BCUT2D eigenvalue weighted by molar-refractivity contribution is 5.66. The molecule has 0 spiro atoms. The van der Waals surface area contributed by atoms with Crippen molar-refractivity contribution in [3.63, 3.8) is 0 Å². The van der Waals surface area contributed by atoms with Gasteiger partial charge in [0, 0.05) is 6.42 Å². The number of hydrogen-bond donors (Lipinski definition) is 2. The van der Waals surface area contributed by atoms with Crippen LogP contribution in [0.1, 0.15) is 64.6 Å². The van der Waals surface area contributed by atoms with E-state index in [1.807, 2.05) is 0 Å². The lowest BCUT2D eigenvalue weighted by Crippen LogP contribution is -2.43. The Hall–Kier alpha value is -1.43. The van der Waals surface area contributed by atoms with Gasteiger partial charge in [-0.25, -0.2) is 0 Å². The maximum absolute atomic E-state index is 10.6. The quantitative estimate of drug-likeness (QED) is 0.884. The number of nitrogens with zero attached hydrogens (tertiary/aromatic N) is 2. The van der Waals surface area contributed by atoms with Gasteiger partial charge in [-0.3, -0.25) is 4.79 Å². The predicted octanol–water partition coefficient (Wildman–Crippen LogP) is 2.48. The van der Waals surface area contributed by atoms with Gasteiger partial charge >= 0.3 is 5.97 Å². The minimum atomic E-state index is -0.872. The Bertz CT molecular complexity index is 497. The van der Waals surface area contributed by atoms with Crippen molar-refractivity contribution in [2.75, 3.05) is 0 Å². The van der Waals surface area contributed by atoms with E-state index in [2.05, 4.69) is 30.9 Å². The average molecular weight is 295 g/mol. The second-order valence-electron chi connectivity index (χ2n) is 7.20. The topological polar surface area (TPSA) is 102 Å². The highest BCUT2D eigenvalue weighted by Gasteiger charge is 2.40. The zero-order valence-electron chi connectivity index (χ0n) is 13.1. The molecule has 0 bridgehead atoms. The molecule has 0 aliphatic heterocycles. The van der Waals surface area contributed by atoms with Crippen LogP contribution in [-0.4, -0.2) is 21.2 Å². The summed E-state index contributed by atoms with van der Waals surface area (Å²) in [5.74, 6) is 0.667. The maximum Gasteiger partial charge on any atom is 0.303 e. The fourth-order valence-electron chi connectivity index (χ4n) is 3.00. The van der Waals surface area contributed by atoms with Crippen LogP contribution in [-0.2, 0) is 16.8 Å². The van der Waals surface area contributed by atoms with Crippen LogP contribution in [0.4, 0.5) is 0 Å². The van der Waals surface area contributed by atoms with Gasteiger partial charge in [-0.1, -0.05) is 25.9 Å². The Balaban J connectivity index is 2.00. The molecular weight excluding hydrogens is 270 g/mol. The Morgan fingerprint density at radius 2 is 2.05 bits per heavy atom. The van der Waals surface area contributed by atoms with E-state index >= 15 is 0 Å². The molecular formula is C15H25N3O3. The molecule has 2 rings (SSSR count). The fraction of sp³-hybridized carbons (Fsp3) is 0.800. The maximum atomic E-state index is 10.6. The van der Waals surface area contributed by atoms with Crippen LogP contribution in [0.15, 0.2) is 4.52 Å². The third-order valence-electron chi connectivity index (χ3n) is 4.57. The molecule has 1 fully saturated rings. The third kappa shape index (κ3) is 3.81. The van der Waals surface area contributed by atoms with Crippen molar-refractivity contribution in [2.24, 2.45) is 17.1 Å². The lowest BCUT2D eigenvalue weighted by atomic mass is 9.67. The summed E-state index contributed by atoms with van der Waals surface area (Å²) in [6.07, 6.45) is 4.03. The van der Waals surface area contributed by atoms with Crippen molar-refractivity contribution in [1.82, 2.24) is 10.1 Å². The smallest absolute Gasteiger partial charge is 0.303 e. The molecule has 0 amide bonds. The molecule has 0 atom stereocenters.